The van der Waals surface area contributed by atoms with Crippen molar-refractivity contribution in [2.75, 3.05) is 0 Å². The molecular weight excluding hydrogens is 322 g/mol. The van der Waals surface area contributed by atoms with Gasteiger partial charge in [0.2, 0.25) is 5.91 Å². The highest BCUT2D eigenvalue weighted by Gasteiger charge is 2.36. The van der Waals surface area contributed by atoms with Crippen molar-refractivity contribution in [2.24, 2.45) is 0 Å². The van der Waals surface area contributed by atoms with Gasteiger partial charge in [0.1, 0.15) is 12.4 Å². The highest BCUT2D eigenvalue weighted by molar-refractivity contribution is 5.78. The lowest BCUT2D eigenvalue weighted by molar-refractivity contribution is -0.133. The van der Waals surface area contributed by atoms with Crippen LogP contribution in [0.3, 0.4) is 0 Å². The van der Waals surface area contributed by atoms with Crippen LogP contribution in [0.15, 0.2) is 66.7 Å². The first-order valence-corrected chi connectivity index (χ1v) is 9.53. The largest absolute Gasteiger partial charge is 0.489 e. The number of amides is 1. The van der Waals surface area contributed by atoms with Gasteiger partial charge in [-0.05, 0) is 48.9 Å². The van der Waals surface area contributed by atoms with Crippen LogP contribution >= 0.6 is 0 Å². The minimum Gasteiger partial charge on any atom is -0.489 e. The van der Waals surface area contributed by atoms with Gasteiger partial charge in [-0.25, -0.2) is 0 Å². The summed E-state index contributed by atoms with van der Waals surface area (Å²) in [6.45, 7) is 0.562. The van der Waals surface area contributed by atoms with Crippen LogP contribution in [0.2, 0.25) is 0 Å². The van der Waals surface area contributed by atoms with Crippen molar-refractivity contribution < 1.29 is 9.53 Å². The van der Waals surface area contributed by atoms with Crippen LogP contribution in [-0.4, -0.2) is 22.9 Å². The van der Waals surface area contributed by atoms with Gasteiger partial charge in [-0.1, -0.05) is 54.6 Å². The summed E-state index contributed by atoms with van der Waals surface area (Å²) in [6.07, 6.45) is 9.07. The van der Waals surface area contributed by atoms with E-state index in [0.29, 0.717) is 25.1 Å². The average Bonchev–Trinajstić information content (AvgIpc) is 2.94. The van der Waals surface area contributed by atoms with E-state index >= 15 is 0 Å². The molecule has 0 saturated carbocycles. The minimum absolute atomic E-state index is 0.289. The van der Waals surface area contributed by atoms with Crippen molar-refractivity contribution >= 4 is 5.91 Å². The van der Waals surface area contributed by atoms with E-state index in [4.69, 9.17) is 4.74 Å². The van der Waals surface area contributed by atoms with Crippen molar-refractivity contribution in [3.63, 3.8) is 0 Å². The molecule has 2 aromatic rings. The summed E-state index contributed by atoms with van der Waals surface area (Å²) < 4.78 is 5.90. The molecule has 2 aliphatic rings. The summed E-state index contributed by atoms with van der Waals surface area (Å²) in [4.78, 5) is 14.8. The first kappa shape index (κ1) is 16.9. The van der Waals surface area contributed by atoms with Gasteiger partial charge < -0.3 is 9.64 Å². The Hall–Kier alpha value is -2.55. The standard InChI is InChI=1S/C23H25NO2/c25-23(24-20-9-5-10-21(24)14-13-20)15-12-18-8-4-11-22(16-18)26-17-19-6-2-1-3-7-19/h1-9,11,16,20-21H,10,12-15,17H2. The quantitative estimate of drug-likeness (QED) is 0.719. The lowest BCUT2D eigenvalue weighted by Crippen LogP contribution is -2.42. The summed E-state index contributed by atoms with van der Waals surface area (Å²) in [5.74, 6) is 1.15. The van der Waals surface area contributed by atoms with E-state index in [9.17, 15) is 4.79 Å². The molecule has 2 aliphatic heterocycles. The first-order chi connectivity index (χ1) is 12.8. The zero-order valence-electron chi connectivity index (χ0n) is 15.0. The minimum atomic E-state index is 0.289. The molecule has 2 atom stereocenters. The molecule has 0 aromatic heterocycles. The van der Waals surface area contributed by atoms with Crippen LogP contribution in [0.25, 0.3) is 0 Å². The van der Waals surface area contributed by atoms with Crippen molar-refractivity contribution in [2.45, 2.75) is 50.8 Å². The second-order valence-electron chi connectivity index (χ2n) is 7.19. The lowest BCUT2D eigenvalue weighted by Gasteiger charge is -2.31. The molecule has 0 aliphatic carbocycles. The van der Waals surface area contributed by atoms with Crippen LogP contribution < -0.4 is 4.74 Å². The van der Waals surface area contributed by atoms with Gasteiger partial charge in [0.15, 0.2) is 0 Å². The fourth-order valence-corrected chi connectivity index (χ4v) is 4.03. The number of hydrogen-bond acceptors (Lipinski definition) is 2. The van der Waals surface area contributed by atoms with E-state index in [1.165, 1.54) is 0 Å². The molecule has 1 fully saturated rings. The summed E-state index contributed by atoms with van der Waals surface area (Å²) >= 11 is 0. The van der Waals surface area contributed by atoms with E-state index in [1.807, 2.05) is 30.3 Å². The molecule has 26 heavy (non-hydrogen) atoms. The number of ether oxygens (including phenoxy) is 1. The number of hydrogen-bond donors (Lipinski definition) is 0. The maximum atomic E-state index is 12.7. The van der Waals surface area contributed by atoms with E-state index < -0.39 is 0 Å². The van der Waals surface area contributed by atoms with E-state index in [-0.39, 0.29) is 5.91 Å². The maximum Gasteiger partial charge on any atom is 0.223 e. The van der Waals surface area contributed by atoms with Gasteiger partial charge in [0, 0.05) is 12.5 Å². The fourth-order valence-electron chi connectivity index (χ4n) is 4.03. The van der Waals surface area contributed by atoms with Gasteiger partial charge in [0.25, 0.3) is 0 Å². The average molecular weight is 347 g/mol. The number of aryl methyl sites for hydroxylation is 1. The molecule has 2 aromatic carbocycles. The lowest BCUT2D eigenvalue weighted by atomic mass is 10.1. The Morgan fingerprint density at radius 3 is 2.73 bits per heavy atom. The normalized spacial score (nSPS) is 21.0. The number of benzene rings is 2. The number of carbonyl (C=O) groups is 1. The third-order valence-electron chi connectivity index (χ3n) is 5.38. The van der Waals surface area contributed by atoms with E-state index in [2.05, 4.69) is 41.3 Å². The molecular formula is C23H25NO2. The molecule has 2 unspecified atom stereocenters. The van der Waals surface area contributed by atoms with E-state index in [1.54, 1.807) is 0 Å². The summed E-state index contributed by atoms with van der Waals surface area (Å²) in [5.41, 5.74) is 2.31. The smallest absolute Gasteiger partial charge is 0.223 e. The Morgan fingerprint density at radius 1 is 1.04 bits per heavy atom. The van der Waals surface area contributed by atoms with E-state index in [0.717, 1.165) is 42.6 Å². The maximum absolute atomic E-state index is 12.7. The molecule has 2 heterocycles. The Balaban J connectivity index is 1.32. The Morgan fingerprint density at radius 2 is 1.88 bits per heavy atom. The first-order valence-electron chi connectivity index (χ1n) is 9.53. The van der Waals surface area contributed by atoms with Crippen molar-refractivity contribution in [1.82, 2.24) is 4.90 Å². The van der Waals surface area contributed by atoms with Crippen LogP contribution in [0.5, 0.6) is 5.75 Å². The van der Waals surface area contributed by atoms with Crippen LogP contribution in [0.4, 0.5) is 0 Å². The molecule has 2 bridgehead atoms. The third-order valence-corrected chi connectivity index (χ3v) is 5.38. The van der Waals surface area contributed by atoms with Crippen LogP contribution in [-0.2, 0) is 17.8 Å². The van der Waals surface area contributed by atoms with Gasteiger partial charge in [-0.15, -0.1) is 0 Å². The zero-order valence-corrected chi connectivity index (χ0v) is 15.0. The predicted octanol–water partition coefficient (Wildman–Crippen LogP) is 4.52. The molecule has 0 radical (unpaired) electrons. The monoisotopic (exact) mass is 347 g/mol. The zero-order chi connectivity index (χ0) is 17.8. The second kappa shape index (κ2) is 7.77. The number of rotatable bonds is 6. The SMILES string of the molecule is O=C(CCc1cccc(OCc2ccccc2)c1)N1C2C=CCC1CC2. The topological polar surface area (TPSA) is 29.5 Å². The molecule has 1 saturated heterocycles. The molecule has 3 heteroatoms. The van der Waals surface area contributed by atoms with Crippen molar-refractivity contribution in [3.8, 4) is 5.75 Å². The molecule has 3 nitrogen and oxygen atoms in total. The highest BCUT2D eigenvalue weighted by Crippen LogP contribution is 2.32. The van der Waals surface area contributed by atoms with Crippen LogP contribution in [0.1, 0.15) is 36.8 Å². The molecule has 4 rings (SSSR count). The Kier molecular flexibility index (Phi) is 5.05. The molecule has 1 amide bonds. The second-order valence-corrected chi connectivity index (χ2v) is 7.19. The molecule has 134 valence electrons. The van der Waals surface area contributed by atoms with Crippen LogP contribution in [0, 0.1) is 0 Å². The summed E-state index contributed by atoms with van der Waals surface area (Å²) in [7, 11) is 0. The molecule has 0 N–H and O–H groups in total. The summed E-state index contributed by atoms with van der Waals surface area (Å²) in [5, 5.41) is 0. The van der Waals surface area contributed by atoms with Gasteiger partial charge in [-0.3, -0.25) is 4.79 Å². The fraction of sp³-hybridized carbons (Fsp3) is 0.348. The van der Waals surface area contributed by atoms with Gasteiger partial charge in [0.05, 0.1) is 6.04 Å². The number of fused-ring (bicyclic) bond motifs is 2. The number of nitrogens with zero attached hydrogens (tertiary/aromatic N) is 1. The number of carbonyl (C=O) groups excluding carboxylic acids is 1. The van der Waals surface area contributed by atoms with Gasteiger partial charge >= 0.3 is 0 Å². The Labute approximate surface area is 155 Å². The van der Waals surface area contributed by atoms with Gasteiger partial charge in [-0.2, -0.15) is 0 Å². The Bertz CT molecular complexity index is 784. The predicted molar refractivity (Wildman–Crippen MR) is 103 cm³/mol. The summed E-state index contributed by atoms with van der Waals surface area (Å²) in [6, 6.07) is 19.0. The molecule has 0 spiro atoms. The van der Waals surface area contributed by atoms with Crippen molar-refractivity contribution in [3.05, 3.63) is 77.9 Å². The highest BCUT2D eigenvalue weighted by atomic mass is 16.5. The van der Waals surface area contributed by atoms with Crippen molar-refractivity contribution in [1.29, 1.82) is 0 Å². The third kappa shape index (κ3) is 3.82.